The Morgan fingerprint density at radius 2 is 2.00 bits per heavy atom. The molecule has 0 saturated heterocycles. The topological polar surface area (TPSA) is 0 Å². The fourth-order valence-corrected chi connectivity index (χ4v) is 1.59. The molecule has 1 atom stereocenters. The van der Waals surface area contributed by atoms with Crippen LogP contribution in [0.25, 0.3) is 0 Å². The SMILES string of the molecule is C=CCC(C)(C)C(C#CCC)CC. The molecule has 0 aliphatic rings. The molecule has 0 N–H and O–H groups in total. The van der Waals surface area contributed by atoms with Gasteiger partial charge in [-0.1, -0.05) is 39.7 Å². The number of hydrogen-bond acceptors (Lipinski definition) is 0. The maximum atomic E-state index is 3.79. The average Bonchev–Trinajstić information content (AvgIpc) is 2.05. The van der Waals surface area contributed by atoms with Gasteiger partial charge in [-0.2, -0.15) is 0 Å². The minimum absolute atomic E-state index is 0.276. The first kappa shape index (κ1) is 12.3. The molecule has 0 heteroatoms. The molecule has 0 nitrogen and oxygen atoms in total. The Bertz CT molecular complexity index is 200. The minimum atomic E-state index is 0.276. The number of rotatable bonds is 4. The molecule has 0 rings (SSSR count). The van der Waals surface area contributed by atoms with E-state index in [1.165, 1.54) is 0 Å². The highest BCUT2D eigenvalue weighted by Gasteiger charge is 2.24. The van der Waals surface area contributed by atoms with E-state index in [1.54, 1.807) is 0 Å². The number of allylic oxidation sites excluding steroid dienone is 1. The van der Waals surface area contributed by atoms with Crippen molar-refractivity contribution in [3.63, 3.8) is 0 Å². The van der Waals surface area contributed by atoms with Crippen LogP contribution in [0.1, 0.15) is 47.0 Å². The minimum Gasteiger partial charge on any atom is -0.103 e. The molecule has 0 aromatic carbocycles. The van der Waals surface area contributed by atoms with Crippen molar-refractivity contribution in [2.75, 3.05) is 0 Å². The van der Waals surface area contributed by atoms with E-state index in [0.717, 1.165) is 19.3 Å². The molecule has 0 aliphatic heterocycles. The van der Waals surface area contributed by atoms with E-state index in [2.05, 4.69) is 46.1 Å². The van der Waals surface area contributed by atoms with Crippen molar-refractivity contribution in [1.29, 1.82) is 0 Å². The molecule has 0 amide bonds. The Balaban J connectivity index is 4.44. The van der Waals surface area contributed by atoms with E-state index in [1.807, 2.05) is 6.08 Å². The van der Waals surface area contributed by atoms with Gasteiger partial charge in [0.05, 0.1) is 0 Å². The number of hydrogen-bond donors (Lipinski definition) is 0. The lowest BCUT2D eigenvalue weighted by Crippen LogP contribution is -2.21. The second kappa shape index (κ2) is 5.86. The van der Waals surface area contributed by atoms with Gasteiger partial charge in [0.25, 0.3) is 0 Å². The summed E-state index contributed by atoms with van der Waals surface area (Å²) in [5.74, 6) is 7.03. The summed E-state index contributed by atoms with van der Waals surface area (Å²) in [6.45, 7) is 12.6. The summed E-state index contributed by atoms with van der Waals surface area (Å²) in [6.07, 6.45) is 5.13. The molecule has 0 aliphatic carbocycles. The van der Waals surface area contributed by atoms with Crippen LogP contribution in [0.15, 0.2) is 12.7 Å². The Morgan fingerprint density at radius 1 is 1.38 bits per heavy atom. The van der Waals surface area contributed by atoms with Gasteiger partial charge in [-0.25, -0.2) is 0 Å². The Labute approximate surface area is 83.4 Å². The van der Waals surface area contributed by atoms with Crippen molar-refractivity contribution in [1.82, 2.24) is 0 Å². The maximum absolute atomic E-state index is 3.79. The van der Waals surface area contributed by atoms with Crippen molar-refractivity contribution >= 4 is 0 Å². The van der Waals surface area contributed by atoms with E-state index in [9.17, 15) is 0 Å². The average molecular weight is 178 g/mol. The molecule has 0 saturated carbocycles. The van der Waals surface area contributed by atoms with Gasteiger partial charge in [0.2, 0.25) is 0 Å². The highest BCUT2D eigenvalue weighted by atomic mass is 14.3. The first-order valence-electron chi connectivity index (χ1n) is 5.17. The van der Waals surface area contributed by atoms with Crippen LogP contribution in [-0.4, -0.2) is 0 Å². The van der Waals surface area contributed by atoms with Crippen molar-refractivity contribution in [2.45, 2.75) is 47.0 Å². The fraction of sp³-hybridized carbons (Fsp3) is 0.692. The highest BCUT2D eigenvalue weighted by molar-refractivity contribution is 5.07. The highest BCUT2D eigenvalue weighted by Crippen LogP contribution is 2.32. The van der Waals surface area contributed by atoms with Crippen LogP contribution in [0.5, 0.6) is 0 Å². The molecule has 0 spiro atoms. The molecule has 0 aromatic heterocycles. The summed E-state index contributed by atoms with van der Waals surface area (Å²) < 4.78 is 0. The third-order valence-corrected chi connectivity index (χ3v) is 2.48. The van der Waals surface area contributed by atoms with Crippen LogP contribution < -0.4 is 0 Å². The molecule has 0 bridgehead atoms. The monoisotopic (exact) mass is 178 g/mol. The third-order valence-electron chi connectivity index (χ3n) is 2.48. The van der Waals surface area contributed by atoms with Gasteiger partial charge < -0.3 is 0 Å². The molecule has 0 fully saturated rings. The summed E-state index contributed by atoms with van der Waals surface area (Å²) in [7, 11) is 0. The molecule has 0 aromatic rings. The quantitative estimate of drug-likeness (QED) is 0.450. The molecule has 74 valence electrons. The lowest BCUT2D eigenvalue weighted by atomic mass is 9.75. The van der Waals surface area contributed by atoms with Crippen molar-refractivity contribution in [3.8, 4) is 11.8 Å². The summed E-state index contributed by atoms with van der Waals surface area (Å²) in [6, 6.07) is 0. The maximum Gasteiger partial charge on any atom is 0.0254 e. The van der Waals surface area contributed by atoms with E-state index in [0.29, 0.717) is 5.92 Å². The molecule has 0 radical (unpaired) electrons. The van der Waals surface area contributed by atoms with Crippen LogP contribution in [0.3, 0.4) is 0 Å². The van der Waals surface area contributed by atoms with Gasteiger partial charge >= 0.3 is 0 Å². The Kier molecular flexibility index (Phi) is 5.55. The van der Waals surface area contributed by atoms with Crippen molar-refractivity contribution < 1.29 is 0 Å². The third kappa shape index (κ3) is 4.18. The summed E-state index contributed by atoms with van der Waals surface area (Å²) in [4.78, 5) is 0. The van der Waals surface area contributed by atoms with E-state index < -0.39 is 0 Å². The molecular weight excluding hydrogens is 156 g/mol. The standard InChI is InChI=1S/C13H22/c1-6-9-10-12(8-3)13(4,5)11-7-2/h7,12H,2,6,8,11H2,1,3-5H3. The lowest BCUT2D eigenvalue weighted by Gasteiger charge is -2.29. The van der Waals surface area contributed by atoms with Gasteiger partial charge in [0, 0.05) is 12.3 Å². The van der Waals surface area contributed by atoms with E-state index >= 15 is 0 Å². The van der Waals surface area contributed by atoms with E-state index in [-0.39, 0.29) is 5.41 Å². The summed E-state index contributed by atoms with van der Waals surface area (Å²) in [5.41, 5.74) is 0.276. The van der Waals surface area contributed by atoms with Gasteiger partial charge in [-0.3, -0.25) is 0 Å². The Morgan fingerprint density at radius 3 is 2.38 bits per heavy atom. The van der Waals surface area contributed by atoms with Gasteiger partial charge in [0.15, 0.2) is 0 Å². The van der Waals surface area contributed by atoms with Crippen LogP contribution in [0, 0.1) is 23.2 Å². The van der Waals surface area contributed by atoms with Crippen LogP contribution in [-0.2, 0) is 0 Å². The zero-order chi connectivity index (χ0) is 10.3. The lowest BCUT2D eigenvalue weighted by molar-refractivity contribution is 0.265. The molecule has 1 unspecified atom stereocenters. The summed E-state index contributed by atoms with van der Waals surface area (Å²) >= 11 is 0. The van der Waals surface area contributed by atoms with Crippen molar-refractivity contribution in [3.05, 3.63) is 12.7 Å². The predicted octanol–water partition coefficient (Wildman–Crippen LogP) is 4.03. The van der Waals surface area contributed by atoms with Gasteiger partial charge in [-0.15, -0.1) is 12.5 Å². The predicted molar refractivity (Wildman–Crippen MR) is 60.4 cm³/mol. The van der Waals surface area contributed by atoms with Crippen LogP contribution in [0.2, 0.25) is 0 Å². The fourth-order valence-electron chi connectivity index (χ4n) is 1.59. The van der Waals surface area contributed by atoms with Gasteiger partial charge in [-0.05, 0) is 18.3 Å². The second-order valence-electron chi connectivity index (χ2n) is 4.12. The normalized spacial score (nSPS) is 12.9. The van der Waals surface area contributed by atoms with Gasteiger partial charge in [0.1, 0.15) is 0 Å². The first-order valence-corrected chi connectivity index (χ1v) is 5.17. The second-order valence-corrected chi connectivity index (χ2v) is 4.12. The Hall–Kier alpha value is -0.700. The molecule has 0 heterocycles. The van der Waals surface area contributed by atoms with Crippen LogP contribution in [0.4, 0.5) is 0 Å². The molecule has 13 heavy (non-hydrogen) atoms. The smallest absolute Gasteiger partial charge is 0.0254 e. The van der Waals surface area contributed by atoms with Crippen molar-refractivity contribution in [2.24, 2.45) is 11.3 Å². The zero-order valence-corrected chi connectivity index (χ0v) is 9.48. The largest absolute Gasteiger partial charge is 0.103 e. The summed E-state index contributed by atoms with van der Waals surface area (Å²) in [5, 5.41) is 0. The zero-order valence-electron chi connectivity index (χ0n) is 9.48. The van der Waals surface area contributed by atoms with E-state index in [4.69, 9.17) is 0 Å². The first-order chi connectivity index (χ1) is 6.08. The molecular formula is C13H22. The van der Waals surface area contributed by atoms with Crippen LogP contribution >= 0.6 is 0 Å².